The van der Waals surface area contributed by atoms with Crippen molar-refractivity contribution in [2.45, 2.75) is 26.3 Å². The van der Waals surface area contributed by atoms with Gasteiger partial charge in [0.25, 0.3) is 5.91 Å². The van der Waals surface area contributed by atoms with Crippen LogP contribution in [0.5, 0.6) is 0 Å². The van der Waals surface area contributed by atoms with Crippen LogP contribution in [-0.4, -0.2) is 37.6 Å². The van der Waals surface area contributed by atoms with Crippen LogP contribution in [0.3, 0.4) is 0 Å². The molecule has 0 fully saturated rings. The normalized spacial score (nSPS) is 11.8. The first kappa shape index (κ1) is 18.4. The molecule has 0 radical (unpaired) electrons. The minimum Gasteiger partial charge on any atom is -0.465 e. The van der Waals surface area contributed by atoms with Crippen molar-refractivity contribution in [2.75, 3.05) is 13.7 Å². The lowest BCUT2D eigenvalue weighted by Gasteiger charge is -2.10. The average Bonchev–Trinajstić information content (AvgIpc) is 2.57. The lowest BCUT2D eigenvalue weighted by Crippen LogP contribution is -2.35. The fourth-order valence-electron chi connectivity index (χ4n) is 1.62. The zero-order valence-electron chi connectivity index (χ0n) is 13.5. The number of hydrogen-bond acceptors (Lipinski definition) is 5. The number of methoxy groups -OCH3 is 1. The van der Waals surface area contributed by atoms with Crippen LogP contribution < -0.4 is 5.32 Å². The van der Waals surface area contributed by atoms with Crippen LogP contribution in [-0.2, 0) is 19.1 Å². The molecule has 0 aromatic heterocycles. The van der Waals surface area contributed by atoms with Crippen LogP contribution in [0, 0.1) is 0 Å². The van der Waals surface area contributed by atoms with Gasteiger partial charge in [-0.2, -0.15) is 0 Å². The molecule has 0 saturated carbocycles. The number of esters is 2. The number of carbonyl (C=O) groups is 3. The van der Waals surface area contributed by atoms with E-state index in [1.54, 1.807) is 24.3 Å². The summed E-state index contributed by atoms with van der Waals surface area (Å²) in [6, 6.07) is 6.58. The van der Waals surface area contributed by atoms with E-state index in [1.807, 2.05) is 13.8 Å². The molecule has 0 aliphatic heterocycles. The van der Waals surface area contributed by atoms with E-state index in [1.165, 1.54) is 19.3 Å². The van der Waals surface area contributed by atoms with Gasteiger partial charge in [-0.1, -0.05) is 19.1 Å². The molecule has 6 nitrogen and oxygen atoms in total. The quantitative estimate of drug-likeness (QED) is 0.613. The third-order valence-electron chi connectivity index (χ3n) is 3.11. The molecular formula is C17H21NO5. The van der Waals surface area contributed by atoms with Crippen molar-refractivity contribution in [3.63, 3.8) is 0 Å². The Morgan fingerprint density at radius 2 is 1.87 bits per heavy atom. The Morgan fingerprint density at radius 1 is 1.22 bits per heavy atom. The van der Waals surface area contributed by atoms with E-state index in [9.17, 15) is 14.4 Å². The minimum atomic E-state index is -0.610. The highest BCUT2D eigenvalue weighted by Crippen LogP contribution is 2.07. The van der Waals surface area contributed by atoms with E-state index in [-0.39, 0.29) is 18.6 Å². The van der Waals surface area contributed by atoms with Crippen molar-refractivity contribution >= 4 is 23.9 Å². The summed E-state index contributed by atoms with van der Waals surface area (Å²) in [6.45, 7) is 3.51. The maximum atomic E-state index is 11.5. The third kappa shape index (κ3) is 6.78. The lowest BCUT2D eigenvalue weighted by molar-refractivity contribution is -0.144. The second kappa shape index (κ2) is 9.40. The summed E-state index contributed by atoms with van der Waals surface area (Å²) in [6.07, 6.45) is 3.57. The van der Waals surface area contributed by atoms with E-state index in [4.69, 9.17) is 4.74 Å². The number of amides is 1. The van der Waals surface area contributed by atoms with Crippen molar-refractivity contribution in [1.82, 2.24) is 5.32 Å². The molecule has 6 heteroatoms. The molecule has 0 aliphatic carbocycles. The average molecular weight is 319 g/mol. The molecule has 1 amide bonds. The maximum absolute atomic E-state index is 11.5. The van der Waals surface area contributed by atoms with E-state index >= 15 is 0 Å². The molecule has 0 saturated heterocycles. The summed E-state index contributed by atoms with van der Waals surface area (Å²) in [4.78, 5) is 34.3. The lowest BCUT2D eigenvalue weighted by atomic mass is 10.1. The summed E-state index contributed by atoms with van der Waals surface area (Å²) in [5.41, 5.74) is 1.15. The van der Waals surface area contributed by atoms with E-state index in [2.05, 4.69) is 10.1 Å². The fourth-order valence-corrected chi connectivity index (χ4v) is 1.62. The summed E-state index contributed by atoms with van der Waals surface area (Å²) >= 11 is 0. The number of benzene rings is 1. The fraction of sp³-hybridized carbons (Fsp3) is 0.353. The van der Waals surface area contributed by atoms with Gasteiger partial charge in [0, 0.05) is 12.1 Å². The monoisotopic (exact) mass is 319 g/mol. The van der Waals surface area contributed by atoms with Crippen molar-refractivity contribution in [3.05, 3.63) is 41.5 Å². The molecule has 1 N–H and O–H groups in total. The molecule has 1 aromatic rings. The van der Waals surface area contributed by atoms with Gasteiger partial charge in [0.15, 0.2) is 6.61 Å². The van der Waals surface area contributed by atoms with Gasteiger partial charge in [-0.3, -0.25) is 4.79 Å². The molecule has 23 heavy (non-hydrogen) atoms. The van der Waals surface area contributed by atoms with Crippen molar-refractivity contribution in [1.29, 1.82) is 0 Å². The molecule has 0 unspecified atom stereocenters. The number of carbonyl (C=O) groups excluding carboxylic acids is 3. The van der Waals surface area contributed by atoms with Crippen LogP contribution in [0.1, 0.15) is 36.2 Å². The Morgan fingerprint density at radius 3 is 2.43 bits per heavy atom. The Balaban J connectivity index is 2.46. The van der Waals surface area contributed by atoms with E-state index < -0.39 is 11.9 Å². The molecule has 1 aromatic carbocycles. The Kier molecular flexibility index (Phi) is 7.53. The van der Waals surface area contributed by atoms with Gasteiger partial charge in [0.05, 0.1) is 12.7 Å². The minimum absolute atomic E-state index is 0.0464. The summed E-state index contributed by atoms with van der Waals surface area (Å²) in [5.74, 6) is -1.36. The maximum Gasteiger partial charge on any atom is 0.337 e. The van der Waals surface area contributed by atoms with Crippen LogP contribution >= 0.6 is 0 Å². The predicted octanol–water partition coefficient (Wildman–Crippen LogP) is 1.94. The SMILES string of the molecule is CC[C@@H](C)NC(=O)COC(=O)/C=C/c1ccc(C(=O)OC)cc1. The first-order valence-electron chi connectivity index (χ1n) is 7.28. The number of rotatable bonds is 7. The van der Waals surface area contributed by atoms with Gasteiger partial charge >= 0.3 is 11.9 Å². The van der Waals surface area contributed by atoms with Crippen molar-refractivity contribution in [3.8, 4) is 0 Å². The standard InChI is InChI=1S/C17H21NO5/c1-4-12(2)18-15(19)11-23-16(20)10-7-13-5-8-14(9-6-13)17(21)22-3/h5-10,12H,4,11H2,1-3H3,(H,18,19)/b10-7+/t12-/m1/s1. The highest BCUT2D eigenvalue weighted by Gasteiger charge is 2.08. The largest absolute Gasteiger partial charge is 0.465 e. The number of hydrogen-bond donors (Lipinski definition) is 1. The van der Waals surface area contributed by atoms with Gasteiger partial charge in [0.1, 0.15) is 0 Å². The molecular weight excluding hydrogens is 298 g/mol. The third-order valence-corrected chi connectivity index (χ3v) is 3.11. The number of nitrogens with one attached hydrogen (secondary N) is 1. The van der Waals surface area contributed by atoms with E-state index in [0.717, 1.165) is 12.0 Å². The smallest absolute Gasteiger partial charge is 0.337 e. The van der Waals surface area contributed by atoms with Gasteiger partial charge in [0.2, 0.25) is 0 Å². The summed E-state index contributed by atoms with van der Waals surface area (Å²) in [7, 11) is 1.31. The van der Waals surface area contributed by atoms with Gasteiger partial charge in [-0.25, -0.2) is 9.59 Å². The summed E-state index contributed by atoms with van der Waals surface area (Å²) in [5, 5.41) is 2.70. The zero-order valence-corrected chi connectivity index (χ0v) is 13.5. The Hall–Kier alpha value is -2.63. The zero-order chi connectivity index (χ0) is 17.2. The Bertz CT molecular complexity index is 577. The first-order chi connectivity index (χ1) is 11.0. The van der Waals surface area contributed by atoms with Gasteiger partial charge < -0.3 is 14.8 Å². The molecule has 1 rings (SSSR count). The van der Waals surface area contributed by atoms with Gasteiger partial charge in [-0.05, 0) is 37.1 Å². The Labute approximate surface area is 135 Å². The highest BCUT2D eigenvalue weighted by atomic mass is 16.5. The van der Waals surface area contributed by atoms with Crippen LogP contribution in [0.25, 0.3) is 6.08 Å². The van der Waals surface area contributed by atoms with Crippen molar-refractivity contribution in [2.24, 2.45) is 0 Å². The highest BCUT2D eigenvalue weighted by molar-refractivity contribution is 5.91. The molecule has 0 spiro atoms. The molecule has 0 heterocycles. The molecule has 0 bridgehead atoms. The van der Waals surface area contributed by atoms with Crippen LogP contribution in [0.2, 0.25) is 0 Å². The first-order valence-corrected chi connectivity index (χ1v) is 7.28. The molecule has 0 aliphatic rings. The molecule has 1 atom stereocenters. The second-order valence-corrected chi connectivity index (χ2v) is 4.93. The van der Waals surface area contributed by atoms with Crippen LogP contribution in [0.15, 0.2) is 30.3 Å². The van der Waals surface area contributed by atoms with E-state index in [0.29, 0.717) is 5.56 Å². The topological polar surface area (TPSA) is 81.7 Å². The second-order valence-electron chi connectivity index (χ2n) is 4.93. The van der Waals surface area contributed by atoms with Gasteiger partial charge in [-0.15, -0.1) is 0 Å². The summed E-state index contributed by atoms with van der Waals surface area (Å²) < 4.78 is 9.43. The molecule has 124 valence electrons. The van der Waals surface area contributed by atoms with Crippen molar-refractivity contribution < 1.29 is 23.9 Å². The van der Waals surface area contributed by atoms with Crippen LogP contribution in [0.4, 0.5) is 0 Å². The predicted molar refractivity (Wildman–Crippen MR) is 85.7 cm³/mol. The number of ether oxygens (including phenoxy) is 2.